The largest absolute Gasteiger partial charge is 0.393 e. The van der Waals surface area contributed by atoms with Crippen molar-refractivity contribution in [1.29, 1.82) is 0 Å². The molecule has 1 saturated heterocycles. The molecule has 18 heavy (non-hydrogen) atoms. The van der Waals surface area contributed by atoms with Gasteiger partial charge in [-0.25, -0.2) is 4.98 Å². The molecule has 0 aliphatic carbocycles. The minimum atomic E-state index is -0.125. The lowest BCUT2D eigenvalue weighted by Gasteiger charge is -2.28. The van der Waals surface area contributed by atoms with Crippen molar-refractivity contribution >= 4 is 26.7 Å². The molecule has 3 nitrogen and oxygen atoms in total. The van der Waals surface area contributed by atoms with Crippen LogP contribution in [0, 0.1) is 13.8 Å². The molecule has 0 spiro atoms. The lowest BCUT2D eigenvalue weighted by molar-refractivity contribution is 0.145. The summed E-state index contributed by atoms with van der Waals surface area (Å²) in [6.07, 6.45) is 1.58. The zero-order valence-electron chi connectivity index (χ0n) is 10.8. The fraction of sp³-hybridized carbons (Fsp3) is 0.500. The summed E-state index contributed by atoms with van der Waals surface area (Å²) >= 11 is 1.76. The van der Waals surface area contributed by atoms with Gasteiger partial charge in [-0.05, 0) is 43.9 Å². The second-order valence-corrected chi connectivity index (χ2v) is 6.08. The number of benzene rings is 1. The van der Waals surface area contributed by atoms with E-state index in [2.05, 4.69) is 30.9 Å². The zero-order chi connectivity index (χ0) is 12.7. The average Bonchev–Trinajstić information content (AvgIpc) is 2.80. The Morgan fingerprint density at radius 2 is 2.00 bits per heavy atom. The van der Waals surface area contributed by atoms with Crippen molar-refractivity contribution in [3.8, 4) is 0 Å². The van der Waals surface area contributed by atoms with Crippen LogP contribution in [0.15, 0.2) is 12.1 Å². The van der Waals surface area contributed by atoms with Crippen molar-refractivity contribution in [2.75, 3.05) is 18.0 Å². The van der Waals surface area contributed by atoms with E-state index in [1.807, 2.05) is 0 Å². The number of hydrogen-bond donors (Lipinski definition) is 1. The predicted molar refractivity (Wildman–Crippen MR) is 76.5 cm³/mol. The van der Waals surface area contributed by atoms with E-state index >= 15 is 0 Å². The first-order valence-electron chi connectivity index (χ1n) is 6.45. The van der Waals surface area contributed by atoms with Crippen molar-refractivity contribution in [3.63, 3.8) is 0 Å². The van der Waals surface area contributed by atoms with Crippen molar-refractivity contribution in [1.82, 2.24) is 4.98 Å². The number of nitrogens with zero attached hydrogens (tertiary/aromatic N) is 2. The lowest BCUT2D eigenvalue weighted by Crippen LogP contribution is -2.35. The molecule has 1 aliphatic rings. The monoisotopic (exact) mass is 262 g/mol. The number of hydrogen-bond acceptors (Lipinski definition) is 4. The molecule has 1 N–H and O–H groups in total. The number of thiazole rings is 1. The molecule has 1 fully saturated rings. The molecule has 0 bridgehead atoms. The highest BCUT2D eigenvalue weighted by molar-refractivity contribution is 7.22. The third-order valence-corrected chi connectivity index (χ3v) is 4.89. The van der Waals surface area contributed by atoms with E-state index in [4.69, 9.17) is 4.98 Å². The van der Waals surface area contributed by atoms with Gasteiger partial charge in [0.05, 0.1) is 16.3 Å². The van der Waals surface area contributed by atoms with E-state index in [-0.39, 0.29) is 6.10 Å². The molecule has 96 valence electrons. The standard InChI is InChI=1S/C14H18N2OS/c1-9-3-4-12-13(10(9)2)15-14(18-12)16-7-5-11(17)6-8-16/h3-4,11,17H,5-8H2,1-2H3. The van der Waals surface area contributed by atoms with Crippen molar-refractivity contribution in [3.05, 3.63) is 23.3 Å². The van der Waals surface area contributed by atoms with Crippen LogP contribution in [0.25, 0.3) is 10.2 Å². The van der Waals surface area contributed by atoms with Crippen LogP contribution in [0.5, 0.6) is 0 Å². The molecule has 1 aromatic heterocycles. The van der Waals surface area contributed by atoms with Gasteiger partial charge in [0.25, 0.3) is 0 Å². The van der Waals surface area contributed by atoms with Gasteiger partial charge in [-0.1, -0.05) is 17.4 Å². The van der Waals surface area contributed by atoms with Crippen LogP contribution >= 0.6 is 11.3 Å². The molecule has 0 saturated carbocycles. The van der Waals surface area contributed by atoms with Gasteiger partial charge >= 0.3 is 0 Å². The molecule has 0 amide bonds. The number of aliphatic hydroxyl groups is 1. The number of aromatic nitrogens is 1. The second-order valence-electron chi connectivity index (χ2n) is 5.07. The second kappa shape index (κ2) is 4.52. The van der Waals surface area contributed by atoms with E-state index in [0.29, 0.717) is 0 Å². The highest BCUT2D eigenvalue weighted by Crippen LogP contribution is 2.32. The summed E-state index contributed by atoms with van der Waals surface area (Å²) < 4.78 is 1.26. The Morgan fingerprint density at radius 1 is 1.28 bits per heavy atom. The first-order valence-corrected chi connectivity index (χ1v) is 7.26. The maximum atomic E-state index is 9.55. The molecule has 0 radical (unpaired) electrons. The SMILES string of the molecule is Cc1ccc2sc(N3CCC(O)CC3)nc2c1C. The van der Waals surface area contributed by atoms with Crippen LogP contribution in [-0.2, 0) is 0 Å². The molecule has 3 rings (SSSR count). The summed E-state index contributed by atoms with van der Waals surface area (Å²) in [6, 6.07) is 4.33. The van der Waals surface area contributed by atoms with Gasteiger partial charge in [0, 0.05) is 13.1 Å². The van der Waals surface area contributed by atoms with Gasteiger partial charge in [0.15, 0.2) is 5.13 Å². The van der Waals surface area contributed by atoms with Gasteiger partial charge in [-0.3, -0.25) is 0 Å². The molecule has 2 heterocycles. The molecule has 4 heteroatoms. The predicted octanol–water partition coefficient (Wildman–Crippen LogP) is 2.87. The Kier molecular flexibility index (Phi) is 2.99. The van der Waals surface area contributed by atoms with Gasteiger partial charge < -0.3 is 10.0 Å². The number of piperidine rings is 1. The van der Waals surface area contributed by atoms with Crippen LogP contribution in [0.4, 0.5) is 5.13 Å². The van der Waals surface area contributed by atoms with E-state index in [9.17, 15) is 5.11 Å². The minimum absolute atomic E-state index is 0.125. The van der Waals surface area contributed by atoms with Crippen LogP contribution in [0.3, 0.4) is 0 Å². The van der Waals surface area contributed by atoms with Crippen LogP contribution < -0.4 is 4.90 Å². The Labute approximate surface area is 111 Å². The van der Waals surface area contributed by atoms with Gasteiger partial charge in [0.1, 0.15) is 0 Å². The summed E-state index contributed by atoms with van der Waals surface area (Å²) in [5.41, 5.74) is 3.72. The summed E-state index contributed by atoms with van der Waals surface area (Å²) in [5.74, 6) is 0. The van der Waals surface area contributed by atoms with Gasteiger partial charge in [-0.2, -0.15) is 0 Å². The normalized spacial score (nSPS) is 17.6. The zero-order valence-corrected chi connectivity index (χ0v) is 11.6. The molecule has 0 unspecified atom stereocenters. The molecule has 1 aliphatic heterocycles. The fourth-order valence-corrected chi connectivity index (χ4v) is 3.48. The summed E-state index contributed by atoms with van der Waals surface area (Å²) in [7, 11) is 0. The number of anilines is 1. The summed E-state index contributed by atoms with van der Waals surface area (Å²) in [6.45, 7) is 6.10. The fourth-order valence-electron chi connectivity index (χ4n) is 2.41. The first kappa shape index (κ1) is 11.9. The number of aryl methyl sites for hydroxylation is 2. The van der Waals surface area contributed by atoms with Crippen LogP contribution in [-0.4, -0.2) is 29.3 Å². The minimum Gasteiger partial charge on any atom is -0.393 e. The Morgan fingerprint density at radius 3 is 2.72 bits per heavy atom. The van der Waals surface area contributed by atoms with Crippen LogP contribution in [0.2, 0.25) is 0 Å². The van der Waals surface area contributed by atoms with E-state index in [1.54, 1.807) is 11.3 Å². The maximum absolute atomic E-state index is 9.55. The van der Waals surface area contributed by atoms with Crippen LogP contribution in [0.1, 0.15) is 24.0 Å². The highest BCUT2D eigenvalue weighted by Gasteiger charge is 2.20. The van der Waals surface area contributed by atoms with Crippen molar-refractivity contribution in [2.24, 2.45) is 0 Å². The van der Waals surface area contributed by atoms with E-state index in [1.165, 1.54) is 15.8 Å². The third kappa shape index (κ3) is 1.99. The third-order valence-electron chi connectivity index (χ3n) is 3.81. The Bertz CT molecular complexity index is 570. The number of fused-ring (bicyclic) bond motifs is 1. The molecule has 0 atom stereocenters. The van der Waals surface area contributed by atoms with E-state index in [0.717, 1.165) is 36.6 Å². The first-order chi connectivity index (χ1) is 8.65. The van der Waals surface area contributed by atoms with Gasteiger partial charge in [0.2, 0.25) is 0 Å². The Balaban J connectivity index is 1.96. The van der Waals surface area contributed by atoms with Crippen molar-refractivity contribution in [2.45, 2.75) is 32.8 Å². The summed E-state index contributed by atoms with van der Waals surface area (Å²) in [5, 5.41) is 10.7. The molecular weight excluding hydrogens is 244 g/mol. The topological polar surface area (TPSA) is 36.4 Å². The lowest BCUT2D eigenvalue weighted by atomic mass is 10.1. The summed E-state index contributed by atoms with van der Waals surface area (Å²) in [4.78, 5) is 7.08. The quantitative estimate of drug-likeness (QED) is 0.858. The average molecular weight is 262 g/mol. The smallest absolute Gasteiger partial charge is 0.186 e. The maximum Gasteiger partial charge on any atom is 0.186 e. The van der Waals surface area contributed by atoms with Crippen molar-refractivity contribution < 1.29 is 5.11 Å². The number of aliphatic hydroxyl groups excluding tert-OH is 1. The highest BCUT2D eigenvalue weighted by atomic mass is 32.1. The molecule has 1 aromatic carbocycles. The number of rotatable bonds is 1. The van der Waals surface area contributed by atoms with Gasteiger partial charge in [-0.15, -0.1) is 0 Å². The molecule has 2 aromatic rings. The van der Waals surface area contributed by atoms with E-state index < -0.39 is 0 Å². The molecular formula is C14H18N2OS. The Hall–Kier alpha value is -1.13.